The van der Waals surface area contributed by atoms with Gasteiger partial charge in [-0.1, -0.05) is 19.1 Å². The topological polar surface area (TPSA) is 163 Å². The first kappa shape index (κ1) is 26.1. The Morgan fingerprint density at radius 2 is 1.67 bits per heavy atom. The van der Waals surface area contributed by atoms with Gasteiger partial charge >= 0.3 is 0 Å². The van der Waals surface area contributed by atoms with E-state index in [9.17, 15) is 14.4 Å². The number of carbonyl (C=O) groups is 3. The van der Waals surface area contributed by atoms with E-state index in [1.807, 2.05) is 6.92 Å². The molecule has 0 aliphatic carbocycles. The van der Waals surface area contributed by atoms with Crippen LogP contribution in [0.3, 0.4) is 0 Å². The maximum Gasteiger partial charge on any atom is 0.261 e. The number of aromatic nitrogens is 2. The molecule has 188 valence electrons. The summed E-state index contributed by atoms with van der Waals surface area (Å²) in [4.78, 5) is 45.5. The van der Waals surface area contributed by atoms with Crippen LogP contribution in [0.2, 0.25) is 0 Å². The van der Waals surface area contributed by atoms with E-state index >= 15 is 0 Å². The van der Waals surface area contributed by atoms with Crippen LogP contribution in [0.1, 0.15) is 41.0 Å². The third-order valence-corrected chi connectivity index (χ3v) is 5.26. The van der Waals surface area contributed by atoms with Crippen LogP contribution in [0, 0.1) is 0 Å². The van der Waals surface area contributed by atoms with Crippen LogP contribution in [0.25, 0.3) is 0 Å². The molecule has 0 saturated heterocycles. The van der Waals surface area contributed by atoms with E-state index in [1.165, 1.54) is 6.20 Å². The van der Waals surface area contributed by atoms with Gasteiger partial charge in [-0.2, -0.15) is 4.98 Å². The predicted molar refractivity (Wildman–Crippen MR) is 141 cm³/mol. The van der Waals surface area contributed by atoms with E-state index in [1.54, 1.807) is 62.5 Å². The molecule has 0 unspecified atom stereocenters. The van der Waals surface area contributed by atoms with Gasteiger partial charge in [0, 0.05) is 24.0 Å². The Balaban J connectivity index is 1.82. The highest BCUT2D eigenvalue weighted by Crippen LogP contribution is 2.24. The molecule has 0 saturated carbocycles. The zero-order valence-corrected chi connectivity index (χ0v) is 20.4. The summed E-state index contributed by atoms with van der Waals surface area (Å²) < 4.78 is 0. The number of para-hydroxylation sites is 2. The number of amides is 3. The first-order valence-corrected chi connectivity index (χ1v) is 11.5. The summed E-state index contributed by atoms with van der Waals surface area (Å²) in [5.41, 5.74) is 7.47. The van der Waals surface area contributed by atoms with Gasteiger partial charge in [0.25, 0.3) is 5.91 Å². The van der Waals surface area contributed by atoms with Crippen molar-refractivity contribution in [3.8, 4) is 0 Å². The zero-order valence-electron chi connectivity index (χ0n) is 20.4. The van der Waals surface area contributed by atoms with E-state index in [0.29, 0.717) is 35.0 Å². The summed E-state index contributed by atoms with van der Waals surface area (Å²) in [6.45, 7) is 4.33. The fourth-order valence-electron chi connectivity index (χ4n) is 3.10. The first-order valence-electron chi connectivity index (χ1n) is 11.5. The molecule has 0 bridgehead atoms. The van der Waals surface area contributed by atoms with Crippen molar-refractivity contribution in [2.45, 2.75) is 26.3 Å². The molecule has 0 spiro atoms. The molecule has 11 heteroatoms. The van der Waals surface area contributed by atoms with Crippen molar-refractivity contribution >= 4 is 46.5 Å². The van der Waals surface area contributed by atoms with Gasteiger partial charge in [0.05, 0.1) is 17.4 Å². The van der Waals surface area contributed by atoms with E-state index in [-0.39, 0.29) is 17.4 Å². The molecule has 3 aromatic rings. The number of benzene rings is 2. The quantitative estimate of drug-likeness (QED) is 0.239. The SMILES string of the molecule is CCCNc1nc(Nc2ccc(C(N)=O)cc2)ncc1C(=O)Nc1ccccc1NC(=O)[C@H](C)NC. The van der Waals surface area contributed by atoms with Crippen LogP contribution in [0.4, 0.5) is 28.8 Å². The van der Waals surface area contributed by atoms with Crippen LogP contribution in [0.5, 0.6) is 0 Å². The lowest BCUT2D eigenvalue weighted by molar-refractivity contribution is -0.117. The smallest absolute Gasteiger partial charge is 0.261 e. The number of nitrogens with one attached hydrogen (secondary N) is 5. The van der Waals surface area contributed by atoms with Gasteiger partial charge in [0.1, 0.15) is 11.4 Å². The molecule has 3 amide bonds. The Labute approximate surface area is 209 Å². The van der Waals surface area contributed by atoms with Crippen molar-refractivity contribution in [3.63, 3.8) is 0 Å². The van der Waals surface area contributed by atoms with Gasteiger partial charge < -0.3 is 32.3 Å². The molecule has 0 radical (unpaired) electrons. The maximum atomic E-state index is 13.2. The highest BCUT2D eigenvalue weighted by atomic mass is 16.2. The third kappa shape index (κ3) is 6.76. The Hall–Kier alpha value is -4.51. The molecule has 3 rings (SSSR count). The molecular formula is C25H30N8O3. The Morgan fingerprint density at radius 3 is 2.28 bits per heavy atom. The fraction of sp³-hybridized carbons (Fsp3) is 0.240. The average molecular weight is 491 g/mol. The number of rotatable bonds is 11. The van der Waals surface area contributed by atoms with Crippen molar-refractivity contribution < 1.29 is 14.4 Å². The molecule has 1 aromatic heterocycles. The van der Waals surface area contributed by atoms with Crippen molar-refractivity contribution in [2.24, 2.45) is 5.73 Å². The summed E-state index contributed by atoms with van der Waals surface area (Å²) in [5.74, 6) is -0.560. The Bertz CT molecular complexity index is 1230. The van der Waals surface area contributed by atoms with Crippen LogP contribution in [-0.2, 0) is 4.79 Å². The van der Waals surface area contributed by atoms with Crippen LogP contribution < -0.4 is 32.3 Å². The average Bonchev–Trinajstić information content (AvgIpc) is 2.88. The molecule has 0 aliphatic rings. The fourth-order valence-corrected chi connectivity index (χ4v) is 3.10. The lowest BCUT2D eigenvalue weighted by atomic mass is 10.2. The lowest BCUT2D eigenvalue weighted by Gasteiger charge is -2.16. The van der Waals surface area contributed by atoms with E-state index in [4.69, 9.17) is 5.73 Å². The minimum atomic E-state index is -0.517. The van der Waals surface area contributed by atoms with Gasteiger partial charge in [-0.3, -0.25) is 14.4 Å². The molecule has 1 atom stereocenters. The van der Waals surface area contributed by atoms with Crippen molar-refractivity contribution in [1.29, 1.82) is 0 Å². The molecule has 1 heterocycles. The van der Waals surface area contributed by atoms with Crippen molar-refractivity contribution in [3.05, 3.63) is 65.9 Å². The molecule has 2 aromatic carbocycles. The number of carbonyl (C=O) groups excluding carboxylic acids is 3. The normalized spacial score (nSPS) is 11.3. The monoisotopic (exact) mass is 490 g/mol. The highest BCUT2D eigenvalue weighted by Gasteiger charge is 2.18. The summed E-state index contributed by atoms with van der Waals surface area (Å²) in [7, 11) is 1.69. The number of nitrogens with two attached hydrogens (primary N) is 1. The minimum Gasteiger partial charge on any atom is -0.369 e. The highest BCUT2D eigenvalue weighted by molar-refractivity contribution is 6.10. The summed E-state index contributed by atoms with van der Waals surface area (Å²) in [5, 5.41) is 14.7. The predicted octanol–water partition coefficient (Wildman–Crippen LogP) is 2.94. The van der Waals surface area contributed by atoms with Crippen molar-refractivity contribution in [2.75, 3.05) is 34.9 Å². The van der Waals surface area contributed by atoms with E-state index < -0.39 is 17.9 Å². The number of anilines is 5. The Kier molecular flexibility index (Phi) is 8.89. The maximum absolute atomic E-state index is 13.2. The van der Waals surface area contributed by atoms with Crippen LogP contribution in [0.15, 0.2) is 54.7 Å². The van der Waals surface area contributed by atoms with Gasteiger partial charge in [-0.15, -0.1) is 0 Å². The van der Waals surface area contributed by atoms with Gasteiger partial charge in [-0.25, -0.2) is 4.98 Å². The lowest BCUT2D eigenvalue weighted by Crippen LogP contribution is -2.35. The third-order valence-electron chi connectivity index (χ3n) is 5.26. The number of hydrogen-bond acceptors (Lipinski definition) is 8. The van der Waals surface area contributed by atoms with Gasteiger partial charge in [0.2, 0.25) is 17.8 Å². The van der Waals surface area contributed by atoms with E-state index in [0.717, 1.165) is 6.42 Å². The zero-order chi connectivity index (χ0) is 26.1. The molecule has 0 fully saturated rings. The summed E-state index contributed by atoms with van der Waals surface area (Å²) in [6.07, 6.45) is 2.24. The van der Waals surface area contributed by atoms with Crippen molar-refractivity contribution in [1.82, 2.24) is 15.3 Å². The molecule has 0 aliphatic heterocycles. The first-order chi connectivity index (χ1) is 17.3. The van der Waals surface area contributed by atoms with Crippen LogP contribution in [-0.4, -0.2) is 47.3 Å². The van der Waals surface area contributed by atoms with Gasteiger partial charge in [-0.05, 0) is 56.8 Å². The second kappa shape index (κ2) is 12.3. The van der Waals surface area contributed by atoms with Crippen LogP contribution >= 0.6 is 0 Å². The second-order valence-corrected chi connectivity index (χ2v) is 7.95. The number of likely N-dealkylation sites (N-methyl/N-ethyl adjacent to an activating group) is 1. The number of primary amides is 1. The molecule has 11 nitrogen and oxygen atoms in total. The largest absolute Gasteiger partial charge is 0.369 e. The van der Waals surface area contributed by atoms with E-state index in [2.05, 4.69) is 36.6 Å². The number of nitrogens with zero attached hydrogens (tertiary/aromatic N) is 2. The summed E-state index contributed by atoms with van der Waals surface area (Å²) >= 11 is 0. The second-order valence-electron chi connectivity index (χ2n) is 7.95. The molecular weight excluding hydrogens is 460 g/mol. The molecule has 7 N–H and O–H groups in total. The summed E-state index contributed by atoms with van der Waals surface area (Å²) in [6, 6.07) is 13.1. The standard InChI is InChI=1S/C25H30N8O3/c1-4-13-28-22-18(14-29-25(33-22)30-17-11-9-16(10-12-17)21(26)34)24(36)32-20-8-6-5-7-19(20)31-23(35)15(2)27-3/h5-12,14-15,27H,4,13H2,1-3H3,(H2,26,34)(H,31,35)(H,32,36)(H2,28,29,30,33)/t15-/m0/s1. The Morgan fingerprint density at radius 1 is 1.00 bits per heavy atom. The minimum absolute atomic E-state index is 0.230. The molecule has 36 heavy (non-hydrogen) atoms. The van der Waals surface area contributed by atoms with Gasteiger partial charge in [0.15, 0.2) is 0 Å². The number of hydrogen-bond donors (Lipinski definition) is 6.